The highest BCUT2D eigenvalue weighted by atomic mass is 16.6. The third kappa shape index (κ3) is 4.27. The highest BCUT2D eigenvalue weighted by molar-refractivity contribution is 5.96. The fraction of sp³-hybridized carbons (Fsp3) is 0.211. The SMILES string of the molecule is COc1cc(C(=O)OCC(=O)Nc2ccc(C#N)cc2)cc2c1OCCO2. The van der Waals surface area contributed by atoms with E-state index in [4.69, 9.17) is 24.2 Å². The maximum Gasteiger partial charge on any atom is 0.338 e. The molecular formula is C19H16N2O6. The Morgan fingerprint density at radius 3 is 2.63 bits per heavy atom. The van der Waals surface area contributed by atoms with E-state index in [1.54, 1.807) is 24.3 Å². The number of nitrogens with one attached hydrogen (secondary N) is 1. The van der Waals surface area contributed by atoms with E-state index >= 15 is 0 Å². The van der Waals surface area contributed by atoms with Crippen LogP contribution in [-0.2, 0) is 9.53 Å². The van der Waals surface area contributed by atoms with Crippen LogP contribution in [0.2, 0.25) is 0 Å². The Hall–Kier alpha value is -3.73. The maximum atomic E-state index is 12.2. The highest BCUT2D eigenvalue weighted by Gasteiger charge is 2.22. The van der Waals surface area contributed by atoms with Crippen LogP contribution in [0.15, 0.2) is 36.4 Å². The molecule has 0 fully saturated rings. The van der Waals surface area contributed by atoms with Gasteiger partial charge in [-0.25, -0.2) is 4.79 Å². The van der Waals surface area contributed by atoms with E-state index < -0.39 is 18.5 Å². The van der Waals surface area contributed by atoms with Crippen molar-refractivity contribution in [1.82, 2.24) is 0 Å². The Balaban J connectivity index is 1.61. The molecule has 1 heterocycles. The lowest BCUT2D eigenvalue weighted by Gasteiger charge is -2.21. The smallest absolute Gasteiger partial charge is 0.338 e. The van der Waals surface area contributed by atoms with Gasteiger partial charge in [0.05, 0.1) is 24.3 Å². The number of hydrogen-bond donors (Lipinski definition) is 1. The summed E-state index contributed by atoms with van der Waals surface area (Å²) in [4.78, 5) is 24.2. The summed E-state index contributed by atoms with van der Waals surface area (Å²) in [5.41, 5.74) is 1.16. The maximum absolute atomic E-state index is 12.2. The number of methoxy groups -OCH3 is 1. The molecule has 1 amide bonds. The molecule has 0 saturated heterocycles. The number of esters is 1. The summed E-state index contributed by atoms with van der Waals surface area (Å²) in [5, 5.41) is 11.3. The largest absolute Gasteiger partial charge is 0.493 e. The van der Waals surface area contributed by atoms with Crippen LogP contribution in [0.3, 0.4) is 0 Å². The zero-order valence-electron chi connectivity index (χ0n) is 14.5. The van der Waals surface area contributed by atoms with E-state index in [0.29, 0.717) is 41.7 Å². The lowest BCUT2D eigenvalue weighted by Crippen LogP contribution is -2.21. The van der Waals surface area contributed by atoms with E-state index in [-0.39, 0.29) is 5.56 Å². The van der Waals surface area contributed by atoms with Crippen molar-refractivity contribution < 1.29 is 28.5 Å². The van der Waals surface area contributed by atoms with Gasteiger partial charge in [0, 0.05) is 5.69 Å². The Labute approximate surface area is 155 Å². The molecule has 0 atom stereocenters. The molecule has 1 aliphatic rings. The van der Waals surface area contributed by atoms with E-state index in [0.717, 1.165) is 0 Å². The number of ether oxygens (including phenoxy) is 4. The van der Waals surface area contributed by atoms with Gasteiger partial charge < -0.3 is 24.3 Å². The third-order valence-electron chi connectivity index (χ3n) is 3.70. The topological polar surface area (TPSA) is 107 Å². The van der Waals surface area contributed by atoms with Gasteiger partial charge in [-0.3, -0.25) is 4.79 Å². The standard InChI is InChI=1S/C19H16N2O6/c1-24-15-8-13(9-16-18(15)26-7-6-25-16)19(23)27-11-17(22)21-14-4-2-12(10-20)3-5-14/h2-5,8-9H,6-7,11H2,1H3,(H,21,22). The monoisotopic (exact) mass is 368 g/mol. The minimum atomic E-state index is -0.694. The van der Waals surface area contributed by atoms with Gasteiger partial charge in [-0.1, -0.05) is 0 Å². The van der Waals surface area contributed by atoms with Crippen LogP contribution < -0.4 is 19.5 Å². The number of fused-ring (bicyclic) bond motifs is 1. The van der Waals surface area contributed by atoms with Crippen molar-refractivity contribution in [3.8, 4) is 23.3 Å². The van der Waals surface area contributed by atoms with Crippen LogP contribution in [-0.4, -0.2) is 38.8 Å². The molecule has 2 aromatic carbocycles. The summed E-state index contributed by atoms with van der Waals surface area (Å²) in [6.07, 6.45) is 0. The molecule has 0 saturated carbocycles. The summed E-state index contributed by atoms with van der Waals surface area (Å²) in [7, 11) is 1.45. The van der Waals surface area contributed by atoms with Gasteiger partial charge in [-0.05, 0) is 36.4 Å². The molecule has 2 aromatic rings. The number of benzene rings is 2. The summed E-state index contributed by atoms with van der Waals surface area (Å²) in [5.74, 6) is -0.0348. The van der Waals surface area contributed by atoms with Crippen LogP contribution in [0, 0.1) is 11.3 Å². The number of nitriles is 1. The number of carbonyl (C=O) groups is 2. The average Bonchev–Trinajstić information content (AvgIpc) is 2.71. The number of amides is 1. The van der Waals surface area contributed by atoms with Crippen LogP contribution >= 0.6 is 0 Å². The predicted octanol–water partition coefficient (Wildman–Crippen LogP) is 2.13. The molecule has 0 spiro atoms. The van der Waals surface area contributed by atoms with Gasteiger partial charge in [0.15, 0.2) is 18.1 Å². The van der Waals surface area contributed by atoms with Crippen molar-refractivity contribution in [3.63, 3.8) is 0 Å². The molecular weight excluding hydrogens is 352 g/mol. The van der Waals surface area contributed by atoms with Gasteiger partial charge in [-0.15, -0.1) is 0 Å². The van der Waals surface area contributed by atoms with Crippen LogP contribution in [0.4, 0.5) is 5.69 Å². The first-order valence-corrected chi connectivity index (χ1v) is 8.05. The summed E-state index contributed by atoms with van der Waals surface area (Å²) in [6.45, 7) is 0.292. The Kier molecular flexibility index (Phi) is 5.42. The van der Waals surface area contributed by atoms with Crippen LogP contribution in [0.1, 0.15) is 15.9 Å². The second-order valence-electron chi connectivity index (χ2n) is 5.52. The number of carbonyl (C=O) groups excluding carboxylic acids is 2. The molecule has 0 unspecified atom stereocenters. The molecule has 138 valence electrons. The predicted molar refractivity (Wildman–Crippen MR) is 94.1 cm³/mol. The molecule has 0 radical (unpaired) electrons. The summed E-state index contributed by atoms with van der Waals surface area (Å²) < 4.78 is 21.2. The normalized spacial score (nSPS) is 11.9. The first-order chi connectivity index (χ1) is 13.1. The van der Waals surface area contributed by atoms with E-state index in [1.807, 2.05) is 6.07 Å². The minimum Gasteiger partial charge on any atom is -0.493 e. The number of rotatable bonds is 5. The Morgan fingerprint density at radius 2 is 1.93 bits per heavy atom. The van der Waals surface area contributed by atoms with E-state index in [1.165, 1.54) is 19.2 Å². The molecule has 27 heavy (non-hydrogen) atoms. The lowest BCUT2D eigenvalue weighted by molar-refractivity contribution is -0.119. The second-order valence-corrected chi connectivity index (χ2v) is 5.52. The first-order valence-electron chi connectivity index (χ1n) is 8.05. The molecule has 8 nitrogen and oxygen atoms in total. The fourth-order valence-corrected chi connectivity index (χ4v) is 2.43. The van der Waals surface area contributed by atoms with Gasteiger partial charge in [0.1, 0.15) is 13.2 Å². The molecule has 0 aromatic heterocycles. The fourth-order valence-electron chi connectivity index (χ4n) is 2.43. The number of nitrogens with zero attached hydrogens (tertiary/aromatic N) is 1. The van der Waals surface area contributed by atoms with Gasteiger partial charge >= 0.3 is 5.97 Å². The quantitative estimate of drug-likeness (QED) is 0.806. The van der Waals surface area contributed by atoms with Crippen molar-refractivity contribution in [2.75, 3.05) is 32.2 Å². The van der Waals surface area contributed by atoms with Gasteiger partial charge in [-0.2, -0.15) is 5.26 Å². The molecule has 1 aliphatic heterocycles. The highest BCUT2D eigenvalue weighted by Crippen LogP contribution is 2.40. The van der Waals surface area contributed by atoms with Crippen molar-refractivity contribution in [3.05, 3.63) is 47.5 Å². The van der Waals surface area contributed by atoms with Gasteiger partial charge in [0.2, 0.25) is 5.75 Å². The Bertz CT molecular complexity index is 884. The molecule has 3 rings (SSSR count). The van der Waals surface area contributed by atoms with Crippen LogP contribution in [0.5, 0.6) is 17.2 Å². The molecule has 0 aliphatic carbocycles. The van der Waals surface area contributed by atoms with Gasteiger partial charge in [0.25, 0.3) is 5.91 Å². The third-order valence-corrected chi connectivity index (χ3v) is 3.70. The first kappa shape index (κ1) is 18.1. The Morgan fingerprint density at radius 1 is 1.19 bits per heavy atom. The summed E-state index contributed by atoms with van der Waals surface area (Å²) >= 11 is 0. The molecule has 1 N–H and O–H groups in total. The van der Waals surface area contributed by atoms with E-state index in [9.17, 15) is 9.59 Å². The number of anilines is 1. The number of hydrogen-bond acceptors (Lipinski definition) is 7. The zero-order valence-corrected chi connectivity index (χ0v) is 14.5. The summed E-state index contributed by atoms with van der Waals surface area (Å²) in [6, 6.07) is 11.3. The van der Waals surface area contributed by atoms with Crippen molar-refractivity contribution in [2.24, 2.45) is 0 Å². The molecule has 0 bridgehead atoms. The minimum absolute atomic E-state index is 0.183. The molecule has 8 heteroatoms. The van der Waals surface area contributed by atoms with Crippen molar-refractivity contribution in [1.29, 1.82) is 5.26 Å². The van der Waals surface area contributed by atoms with E-state index in [2.05, 4.69) is 5.32 Å². The second kappa shape index (κ2) is 8.10. The van der Waals surface area contributed by atoms with Crippen molar-refractivity contribution in [2.45, 2.75) is 0 Å². The average molecular weight is 368 g/mol. The van der Waals surface area contributed by atoms with Crippen molar-refractivity contribution >= 4 is 17.6 Å². The lowest BCUT2D eigenvalue weighted by atomic mass is 10.1. The zero-order chi connectivity index (χ0) is 19.2. The van der Waals surface area contributed by atoms with Crippen LogP contribution in [0.25, 0.3) is 0 Å².